The highest BCUT2D eigenvalue weighted by Crippen LogP contribution is 2.26. The molecule has 1 aromatic carbocycles. The van der Waals surface area contributed by atoms with Gasteiger partial charge in [0.1, 0.15) is 0 Å². The molecular weight excluding hydrogens is 288 g/mol. The maximum absolute atomic E-state index is 12.1. The summed E-state index contributed by atoms with van der Waals surface area (Å²) in [6.45, 7) is 0. The molecule has 18 heavy (non-hydrogen) atoms. The SMILES string of the molecule is FC(F)(F)NN(NC(F)(F)F)c1ccccc1Cl. The standard InChI is InChI=1S/C8H6ClF6N3/c9-5-3-1-2-4-6(5)18(16-7(10,11)12)17-8(13,14)15/h1-4,16-17H. The van der Waals surface area contributed by atoms with E-state index in [4.69, 9.17) is 11.6 Å². The summed E-state index contributed by atoms with van der Waals surface area (Å²) in [7, 11) is 0. The monoisotopic (exact) mass is 293 g/mol. The van der Waals surface area contributed by atoms with E-state index >= 15 is 0 Å². The predicted octanol–water partition coefficient (Wildman–Crippen LogP) is 3.20. The number of para-hydroxylation sites is 1. The molecule has 3 nitrogen and oxygen atoms in total. The van der Waals surface area contributed by atoms with E-state index in [2.05, 4.69) is 0 Å². The normalized spacial score (nSPS) is 12.6. The number of halogens is 7. The molecule has 0 saturated carbocycles. The van der Waals surface area contributed by atoms with Gasteiger partial charge in [-0.15, -0.1) is 10.9 Å². The second-order valence-electron chi connectivity index (χ2n) is 3.01. The molecule has 0 aromatic heterocycles. The fourth-order valence-corrected chi connectivity index (χ4v) is 1.26. The molecule has 1 rings (SSSR count). The molecule has 0 amide bonds. The van der Waals surface area contributed by atoms with Crippen molar-refractivity contribution >= 4 is 17.3 Å². The van der Waals surface area contributed by atoms with Crippen LogP contribution in [0.2, 0.25) is 5.02 Å². The van der Waals surface area contributed by atoms with E-state index in [-0.39, 0.29) is 10.1 Å². The Morgan fingerprint density at radius 3 is 1.72 bits per heavy atom. The molecule has 0 bridgehead atoms. The van der Waals surface area contributed by atoms with Gasteiger partial charge in [-0.3, -0.25) is 0 Å². The Balaban J connectivity index is 3.01. The van der Waals surface area contributed by atoms with Gasteiger partial charge in [0.15, 0.2) is 0 Å². The number of alkyl halides is 6. The van der Waals surface area contributed by atoms with Crippen molar-refractivity contribution in [3.63, 3.8) is 0 Å². The summed E-state index contributed by atoms with van der Waals surface area (Å²) < 4.78 is 72.6. The first-order valence-electron chi connectivity index (χ1n) is 4.32. The van der Waals surface area contributed by atoms with Crippen molar-refractivity contribution < 1.29 is 26.3 Å². The Bertz CT molecular complexity index is 389. The summed E-state index contributed by atoms with van der Waals surface area (Å²) in [5.74, 6) is 0. The number of nitrogens with zero attached hydrogens (tertiary/aromatic N) is 1. The number of nitrogens with one attached hydrogen (secondary N) is 2. The minimum Gasteiger partial charge on any atom is -0.225 e. The van der Waals surface area contributed by atoms with Crippen molar-refractivity contribution in [3.8, 4) is 0 Å². The van der Waals surface area contributed by atoms with Crippen molar-refractivity contribution in [2.75, 3.05) is 5.12 Å². The Morgan fingerprint density at radius 1 is 0.889 bits per heavy atom. The molecule has 0 radical (unpaired) electrons. The highest BCUT2D eigenvalue weighted by Gasteiger charge is 2.37. The van der Waals surface area contributed by atoms with Gasteiger partial charge in [0, 0.05) is 0 Å². The third-order valence-electron chi connectivity index (χ3n) is 1.57. The van der Waals surface area contributed by atoms with Crippen LogP contribution < -0.4 is 16.0 Å². The van der Waals surface area contributed by atoms with Gasteiger partial charge in [-0.05, 0) is 12.1 Å². The summed E-state index contributed by atoms with van der Waals surface area (Å²) in [4.78, 5) is 0. The molecule has 10 heteroatoms. The summed E-state index contributed by atoms with van der Waals surface area (Å²) in [6, 6.07) is 4.75. The largest absolute Gasteiger partial charge is 0.476 e. The van der Waals surface area contributed by atoms with Crippen LogP contribution in [0.15, 0.2) is 24.3 Å². The summed E-state index contributed by atoms with van der Waals surface area (Å²) >= 11 is 5.52. The van der Waals surface area contributed by atoms with E-state index < -0.39 is 18.3 Å². The molecule has 0 aliphatic carbocycles. The van der Waals surface area contributed by atoms with E-state index in [1.807, 2.05) is 0 Å². The molecule has 2 N–H and O–H groups in total. The van der Waals surface area contributed by atoms with Gasteiger partial charge >= 0.3 is 12.6 Å². The molecule has 1 aromatic rings. The van der Waals surface area contributed by atoms with Gasteiger partial charge in [0.2, 0.25) is 0 Å². The van der Waals surface area contributed by atoms with E-state index in [0.717, 1.165) is 12.1 Å². The first-order valence-corrected chi connectivity index (χ1v) is 4.70. The van der Waals surface area contributed by atoms with Crippen LogP contribution >= 0.6 is 11.6 Å². The van der Waals surface area contributed by atoms with Gasteiger partial charge in [-0.1, -0.05) is 23.7 Å². The number of rotatable bonds is 3. The molecular formula is C8H6ClF6N3. The van der Waals surface area contributed by atoms with Gasteiger partial charge in [-0.2, -0.15) is 26.3 Å². The van der Waals surface area contributed by atoms with Gasteiger partial charge in [-0.25, -0.2) is 5.12 Å². The third kappa shape index (κ3) is 4.98. The lowest BCUT2D eigenvalue weighted by atomic mass is 10.3. The zero-order valence-electron chi connectivity index (χ0n) is 8.40. The van der Waals surface area contributed by atoms with Crippen LogP contribution in [0.1, 0.15) is 0 Å². The quantitative estimate of drug-likeness (QED) is 0.509. The molecule has 0 unspecified atom stereocenters. The lowest BCUT2D eigenvalue weighted by molar-refractivity contribution is -0.188. The first-order chi connectivity index (χ1) is 8.08. The van der Waals surface area contributed by atoms with Gasteiger partial charge < -0.3 is 0 Å². The average molecular weight is 294 g/mol. The molecule has 0 aliphatic heterocycles. The number of hydrogen-bond acceptors (Lipinski definition) is 3. The van der Waals surface area contributed by atoms with E-state index in [1.165, 1.54) is 12.1 Å². The zero-order valence-corrected chi connectivity index (χ0v) is 9.16. The molecule has 0 heterocycles. The number of hydrazine groups is 2. The highest BCUT2D eigenvalue weighted by atomic mass is 35.5. The van der Waals surface area contributed by atoms with Crippen molar-refractivity contribution in [1.82, 2.24) is 10.9 Å². The number of anilines is 1. The molecule has 0 spiro atoms. The average Bonchev–Trinajstić information content (AvgIpc) is 2.12. The van der Waals surface area contributed by atoms with Crippen LogP contribution in [0.5, 0.6) is 0 Å². The third-order valence-corrected chi connectivity index (χ3v) is 1.89. The van der Waals surface area contributed by atoms with Crippen LogP contribution in [0.3, 0.4) is 0 Å². The summed E-state index contributed by atoms with van der Waals surface area (Å²) in [6.07, 6.45) is -10.1. The van der Waals surface area contributed by atoms with E-state index in [0.29, 0.717) is 10.9 Å². The summed E-state index contributed by atoms with van der Waals surface area (Å²) in [5, 5.41) is -0.631. The summed E-state index contributed by atoms with van der Waals surface area (Å²) in [5.41, 5.74) is 0.856. The zero-order chi connectivity index (χ0) is 14.0. The Hall–Kier alpha value is -1.19. The van der Waals surface area contributed by atoms with Gasteiger partial charge in [0.25, 0.3) is 0 Å². The molecule has 0 fully saturated rings. The fourth-order valence-electron chi connectivity index (χ4n) is 1.04. The Kier molecular flexibility index (Phi) is 4.30. The number of hydrogen-bond donors (Lipinski definition) is 2. The lowest BCUT2D eigenvalue weighted by Crippen LogP contribution is -2.58. The van der Waals surface area contributed by atoms with Crippen LogP contribution in [-0.4, -0.2) is 12.6 Å². The maximum Gasteiger partial charge on any atom is 0.476 e. The van der Waals surface area contributed by atoms with Crippen molar-refractivity contribution in [2.45, 2.75) is 12.6 Å². The second-order valence-corrected chi connectivity index (χ2v) is 3.41. The molecule has 0 aliphatic rings. The van der Waals surface area contributed by atoms with Gasteiger partial charge in [0.05, 0.1) is 10.7 Å². The van der Waals surface area contributed by atoms with Crippen LogP contribution in [-0.2, 0) is 0 Å². The fraction of sp³-hybridized carbons (Fsp3) is 0.250. The topological polar surface area (TPSA) is 27.3 Å². The molecule has 0 saturated heterocycles. The van der Waals surface area contributed by atoms with E-state index in [1.54, 1.807) is 0 Å². The number of benzene rings is 1. The van der Waals surface area contributed by atoms with Crippen molar-refractivity contribution in [1.29, 1.82) is 0 Å². The Labute approximate surface area is 102 Å². The van der Waals surface area contributed by atoms with Crippen molar-refractivity contribution in [2.24, 2.45) is 0 Å². The maximum atomic E-state index is 12.1. The van der Waals surface area contributed by atoms with E-state index in [9.17, 15) is 26.3 Å². The lowest BCUT2D eigenvalue weighted by Gasteiger charge is -2.28. The molecule has 0 atom stereocenters. The Morgan fingerprint density at radius 2 is 1.33 bits per heavy atom. The first kappa shape index (κ1) is 14.9. The highest BCUT2D eigenvalue weighted by molar-refractivity contribution is 6.33. The van der Waals surface area contributed by atoms with Crippen LogP contribution in [0.4, 0.5) is 32.0 Å². The smallest absolute Gasteiger partial charge is 0.225 e. The molecule has 102 valence electrons. The van der Waals surface area contributed by atoms with Crippen molar-refractivity contribution in [3.05, 3.63) is 29.3 Å². The van der Waals surface area contributed by atoms with Crippen LogP contribution in [0, 0.1) is 0 Å². The minimum atomic E-state index is -5.06. The second kappa shape index (κ2) is 5.21. The predicted molar refractivity (Wildman–Crippen MR) is 52.3 cm³/mol. The minimum absolute atomic E-state index is 0.286. The van der Waals surface area contributed by atoms with Crippen LogP contribution in [0.25, 0.3) is 0 Å².